The van der Waals surface area contributed by atoms with E-state index < -0.39 is 19.0 Å². The van der Waals surface area contributed by atoms with Crippen LogP contribution >= 0.6 is 11.6 Å². The van der Waals surface area contributed by atoms with Crippen molar-refractivity contribution in [2.45, 2.75) is 38.8 Å². The summed E-state index contributed by atoms with van der Waals surface area (Å²) in [7, 11) is -2.65. The minimum absolute atomic E-state index is 0.175. The molecule has 1 fully saturated rings. The van der Waals surface area contributed by atoms with Gasteiger partial charge in [0, 0.05) is 17.1 Å². The number of hydrogen-bond acceptors (Lipinski definition) is 3. The molecule has 1 aliphatic rings. The number of benzene rings is 3. The maximum Gasteiger partial charge on any atom is 0.320 e. The van der Waals surface area contributed by atoms with Crippen molar-refractivity contribution in [2.75, 3.05) is 13.6 Å². The Bertz CT molecular complexity index is 1290. The van der Waals surface area contributed by atoms with Gasteiger partial charge in [0.2, 0.25) is 0 Å². The highest BCUT2D eigenvalue weighted by molar-refractivity contribution is 6.32. The van der Waals surface area contributed by atoms with Crippen LogP contribution in [-0.2, 0) is 11.3 Å². The zero-order chi connectivity index (χ0) is 26.6. The maximum atomic E-state index is 11.8. The molecule has 3 aromatic carbocycles. The first-order valence-electron chi connectivity index (χ1n) is 12.9. The molecular formula is C29H30ClNO3. The van der Waals surface area contributed by atoms with Crippen LogP contribution in [0.3, 0.4) is 0 Å². The van der Waals surface area contributed by atoms with E-state index in [9.17, 15) is 9.90 Å². The van der Waals surface area contributed by atoms with E-state index in [0.717, 1.165) is 35.1 Å². The molecule has 0 saturated carbocycles. The van der Waals surface area contributed by atoms with Gasteiger partial charge in [-0.15, -0.1) is 0 Å². The summed E-state index contributed by atoms with van der Waals surface area (Å²) in [4.78, 5) is 13.6. The van der Waals surface area contributed by atoms with Crippen molar-refractivity contribution in [1.29, 1.82) is 0 Å². The number of halogens is 1. The quantitative estimate of drug-likeness (QED) is 0.374. The molecule has 0 radical (unpaired) electrons. The molecule has 4 nitrogen and oxygen atoms in total. The van der Waals surface area contributed by atoms with Gasteiger partial charge in [0.25, 0.3) is 0 Å². The van der Waals surface area contributed by atoms with Crippen LogP contribution in [0.5, 0.6) is 5.75 Å². The number of hydrogen-bond donors (Lipinski definition) is 1. The van der Waals surface area contributed by atoms with Crippen LogP contribution < -0.4 is 4.74 Å². The molecule has 1 aliphatic heterocycles. The lowest BCUT2D eigenvalue weighted by molar-refractivity contribution is -0.144. The third-order valence-electron chi connectivity index (χ3n) is 6.46. The first kappa shape index (κ1) is 20.3. The van der Waals surface area contributed by atoms with E-state index in [1.54, 1.807) is 12.1 Å². The fraction of sp³-hybridized carbons (Fsp3) is 0.276. The van der Waals surface area contributed by atoms with Crippen LogP contribution in [0, 0.1) is 6.92 Å². The number of aliphatic carboxylic acids is 1. The van der Waals surface area contributed by atoms with E-state index in [1.807, 2.05) is 47.4 Å². The van der Waals surface area contributed by atoms with Gasteiger partial charge in [-0.25, -0.2) is 0 Å². The van der Waals surface area contributed by atoms with Crippen molar-refractivity contribution in [3.8, 4) is 16.9 Å². The Labute approximate surface area is 210 Å². The lowest BCUT2D eigenvalue weighted by Crippen LogP contribution is -2.44. The molecular weight excluding hydrogens is 446 g/mol. The van der Waals surface area contributed by atoms with Gasteiger partial charge in [-0.2, -0.15) is 0 Å². The normalized spacial score (nSPS) is 18.3. The summed E-state index contributed by atoms with van der Waals surface area (Å²) in [5, 5.41) is 10.1. The summed E-state index contributed by atoms with van der Waals surface area (Å²) in [6, 6.07) is 18.9. The fourth-order valence-electron chi connectivity index (χ4n) is 4.58. The molecule has 0 spiro atoms. The minimum atomic E-state index is -2.65. The molecule has 3 aromatic rings. The average Bonchev–Trinajstić information content (AvgIpc) is 2.85. The van der Waals surface area contributed by atoms with Crippen molar-refractivity contribution in [2.24, 2.45) is 0 Å². The zero-order valence-corrected chi connectivity index (χ0v) is 19.9. The molecule has 0 unspecified atom stereocenters. The predicted molar refractivity (Wildman–Crippen MR) is 139 cm³/mol. The zero-order valence-electron chi connectivity index (χ0n) is 22.1. The number of carboxylic acids is 1. The van der Waals surface area contributed by atoms with Gasteiger partial charge in [-0.3, -0.25) is 9.69 Å². The van der Waals surface area contributed by atoms with E-state index >= 15 is 0 Å². The van der Waals surface area contributed by atoms with Crippen molar-refractivity contribution in [3.63, 3.8) is 0 Å². The monoisotopic (exact) mass is 478 g/mol. The Morgan fingerprint density at radius 1 is 1.15 bits per heavy atom. The van der Waals surface area contributed by atoms with Gasteiger partial charge in [0.05, 0.1) is 11.2 Å². The van der Waals surface area contributed by atoms with Gasteiger partial charge in [0.15, 0.2) is 0 Å². The van der Waals surface area contributed by atoms with Gasteiger partial charge in [0.1, 0.15) is 11.8 Å². The maximum absolute atomic E-state index is 11.8. The number of carbonyl (C=O) groups is 1. The summed E-state index contributed by atoms with van der Waals surface area (Å²) >= 11 is 6.64. The first-order chi connectivity index (χ1) is 17.6. The van der Waals surface area contributed by atoms with E-state index in [2.05, 4.69) is 25.1 Å². The van der Waals surface area contributed by atoms with Crippen LogP contribution in [0.15, 0.2) is 60.7 Å². The van der Waals surface area contributed by atoms with Gasteiger partial charge < -0.3 is 9.84 Å². The van der Waals surface area contributed by atoms with Crippen LogP contribution in [-0.4, -0.2) is 35.6 Å². The highest BCUT2D eigenvalue weighted by atomic mass is 35.5. The van der Waals surface area contributed by atoms with Crippen LogP contribution in [0.4, 0.5) is 0 Å². The third-order valence-corrected chi connectivity index (χ3v) is 6.79. The van der Waals surface area contributed by atoms with Crippen molar-refractivity contribution in [3.05, 3.63) is 87.9 Å². The van der Waals surface area contributed by atoms with E-state index in [-0.39, 0.29) is 12.3 Å². The smallest absolute Gasteiger partial charge is 0.320 e. The second kappa shape index (κ2) is 10.9. The van der Waals surface area contributed by atoms with Crippen molar-refractivity contribution < 1.29 is 18.8 Å². The van der Waals surface area contributed by atoms with Crippen molar-refractivity contribution in [1.82, 2.24) is 4.90 Å². The highest BCUT2D eigenvalue weighted by Crippen LogP contribution is 2.32. The molecule has 34 heavy (non-hydrogen) atoms. The van der Waals surface area contributed by atoms with E-state index in [4.69, 9.17) is 20.5 Å². The SMILES string of the molecule is [2H]C([2H])([2H])Oc1cc(/C=C/c2cccc(-c3ccccc3)c2C)c(Cl)cc1CN1CCCC[C@H]1C(=O)O. The lowest BCUT2D eigenvalue weighted by atomic mass is 9.96. The number of nitrogens with zero attached hydrogens (tertiary/aromatic N) is 1. The van der Waals surface area contributed by atoms with Gasteiger partial charge >= 0.3 is 5.97 Å². The Kier molecular flexibility index (Phi) is 6.51. The number of ether oxygens (including phenoxy) is 1. The summed E-state index contributed by atoms with van der Waals surface area (Å²) < 4.78 is 28.3. The summed E-state index contributed by atoms with van der Waals surface area (Å²) in [5.74, 6) is -0.703. The van der Waals surface area contributed by atoms with E-state index in [0.29, 0.717) is 29.1 Å². The Hall–Kier alpha value is -3.08. The Balaban J connectivity index is 1.66. The van der Waals surface area contributed by atoms with Crippen LogP contribution in [0.25, 0.3) is 23.3 Å². The molecule has 176 valence electrons. The molecule has 4 rings (SSSR count). The van der Waals surface area contributed by atoms with Crippen LogP contribution in [0.2, 0.25) is 5.02 Å². The van der Waals surface area contributed by atoms with E-state index in [1.165, 1.54) is 0 Å². The van der Waals surface area contributed by atoms with Gasteiger partial charge in [-0.05, 0) is 66.3 Å². The molecule has 1 atom stereocenters. The molecule has 1 N–H and O–H groups in total. The predicted octanol–water partition coefficient (Wildman–Crippen LogP) is 6.93. The number of rotatable bonds is 7. The topological polar surface area (TPSA) is 49.8 Å². The Morgan fingerprint density at radius 2 is 1.94 bits per heavy atom. The second-order valence-electron chi connectivity index (χ2n) is 8.62. The molecule has 5 heteroatoms. The molecule has 0 amide bonds. The summed E-state index contributed by atoms with van der Waals surface area (Å²) in [5.41, 5.74) is 5.55. The lowest BCUT2D eigenvalue weighted by Gasteiger charge is -2.33. The fourth-order valence-corrected chi connectivity index (χ4v) is 4.83. The first-order valence-corrected chi connectivity index (χ1v) is 11.8. The van der Waals surface area contributed by atoms with Gasteiger partial charge in [-0.1, -0.05) is 78.7 Å². The number of likely N-dealkylation sites (tertiary alicyclic amines) is 1. The van der Waals surface area contributed by atoms with Crippen molar-refractivity contribution >= 4 is 29.7 Å². The number of methoxy groups -OCH3 is 1. The summed E-state index contributed by atoms with van der Waals surface area (Å²) in [6.45, 7) is 2.91. The Morgan fingerprint density at radius 3 is 2.71 bits per heavy atom. The summed E-state index contributed by atoms with van der Waals surface area (Å²) in [6.07, 6.45) is 6.08. The number of piperidine rings is 1. The molecule has 0 aliphatic carbocycles. The minimum Gasteiger partial charge on any atom is -0.496 e. The largest absolute Gasteiger partial charge is 0.496 e. The van der Waals surface area contributed by atoms with Crippen LogP contribution in [0.1, 0.15) is 45.6 Å². The molecule has 0 bridgehead atoms. The molecule has 1 saturated heterocycles. The molecule has 1 heterocycles. The average molecular weight is 479 g/mol. The molecule has 0 aromatic heterocycles. The highest BCUT2D eigenvalue weighted by Gasteiger charge is 2.29. The standard InChI is InChI=1S/C29H30ClNO3/c1-20-21(11-8-12-25(20)22-9-4-3-5-10-22)14-15-23-18-28(34-2)24(17-26(23)30)19-31-16-7-6-13-27(31)29(32)33/h3-5,8-12,14-15,17-18,27H,6-7,13,16,19H2,1-2H3,(H,32,33)/b15-14+/t27-/m0/s1/i2D3. The second-order valence-corrected chi connectivity index (χ2v) is 9.03. The third kappa shape index (κ3) is 5.35. The number of carboxylic acid groups (broad SMARTS) is 1.